The van der Waals surface area contributed by atoms with Crippen LogP contribution in [0.3, 0.4) is 0 Å². The first-order valence-corrected chi connectivity index (χ1v) is 11.4. The minimum Gasteiger partial charge on any atom is -0.363 e. The van der Waals surface area contributed by atoms with Crippen molar-refractivity contribution in [1.82, 2.24) is 9.80 Å². The van der Waals surface area contributed by atoms with Gasteiger partial charge in [-0.15, -0.1) is 0 Å². The molecule has 0 radical (unpaired) electrons. The third kappa shape index (κ3) is 4.35. The van der Waals surface area contributed by atoms with Gasteiger partial charge in [0.25, 0.3) is 11.8 Å². The molecule has 1 fully saturated rings. The Kier molecular flexibility index (Phi) is 6.36. The number of anilines is 1. The second-order valence-corrected chi connectivity index (χ2v) is 9.05. The summed E-state index contributed by atoms with van der Waals surface area (Å²) in [5, 5.41) is -0.129. The van der Waals surface area contributed by atoms with Crippen LogP contribution in [0, 0.1) is 12.7 Å². The highest BCUT2D eigenvalue weighted by molar-refractivity contribution is 8.04. The van der Waals surface area contributed by atoms with E-state index in [1.54, 1.807) is 0 Å². The van der Waals surface area contributed by atoms with E-state index in [1.165, 1.54) is 30.0 Å². The molecule has 2 heterocycles. The van der Waals surface area contributed by atoms with Crippen LogP contribution >= 0.6 is 23.4 Å². The van der Waals surface area contributed by atoms with E-state index >= 15 is 0 Å². The number of imide groups is 1. The number of carbonyl (C=O) groups is 2. The third-order valence-corrected chi connectivity index (χ3v) is 6.93. The predicted molar refractivity (Wildman–Crippen MR) is 122 cm³/mol. The second-order valence-electron chi connectivity index (χ2n) is 7.56. The summed E-state index contributed by atoms with van der Waals surface area (Å²) in [5.41, 5.74) is 1.79. The lowest BCUT2D eigenvalue weighted by Gasteiger charge is -2.35. The maximum atomic E-state index is 13.7. The topological polar surface area (TPSA) is 43.9 Å². The first-order chi connectivity index (χ1) is 14.9. The monoisotopic (exact) mass is 459 g/mol. The molecule has 0 saturated carbocycles. The maximum Gasteiger partial charge on any atom is 0.283 e. The van der Waals surface area contributed by atoms with Crippen molar-refractivity contribution in [3.8, 4) is 0 Å². The first kappa shape index (κ1) is 21.9. The number of halogens is 2. The number of benzene rings is 2. The van der Waals surface area contributed by atoms with E-state index < -0.39 is 17.6 Å². The number of amides is 2. The minimum absolute atomic E-state index is 0.129. The quantitative estimate of drug-likeness (QED) is 0.624. The summed E-state index contributed by atoms with van der Waals surface area (Å²) in [4.78, 5) is 33.5. The zero-order chi connectivity index (χ0) is 22.1. The Bertz CT molecular complexity index is 1050. The van der Waals surface area contributed by atoms with Crippen LogP contribution in [-0.2, 0) is 9.59 Å². The van der Waals surface area contributed by atoms with Gasteiger partial charge in [0.2, 0.25) is 0 Å². The molecule has 2 aliphatic rings. The molecule has 0 N–H and O–H groups in total. The highest BCUT2D eigenvalue weighted by Gasteiger charge is 2.43. The van der Waals surface area contributed by atoms with E-state index in [0.717, 1.165) is 35.0 Å². The molecule has 2 aromatic rings. The van der Waals surface area contributed by atoms with Crippen molar-refractivity contribution in [2.45, 2.75) is 18.7 Å². The number of piperazine rings is 1. The molecule has 4 rings (SSSR count). The van der Waals surface area contributed by atoms with Crippen LogP contribution in [0.25, 0.3) is 0 Å². The smallest absolute Gasteiger partial charge is 0.283 e. The molecular formula is C23H23ClFN3O2S. The van der Waals surface area contributed by atoms with Gasteiger partial charge >= 0.3 is 0 Å². The Morgan fingerprint density at radius 1 is 1.00 bits per heavy atom. The summed E-state index contributed by atoms with van der Waals surface area (Å²) in [5.74, 6) is -1.40. The summed E-state index contributed by atoms with van der Waals surface area (Å²) in [6.07, 6.45) is 0. The van der Waals surface area contributed by atoms with Crippen molar-refractivity contribution in [3.63, 3.8) is 0 Å². The van der Waals surface area contributed by atoms with E-state index in [9.17, 15) is 14.0 Å². The van der Waals surface area contributed by atoms with Crippen molar-refractivity contribution in [2.24, 2.45) is 0 Å². The lowest BCUT2D eigenvalue weighted by Crippen LogP contribution is -2.47. The van der Waals surface area contributed by atoms with Gasteiger partial charge in [0.15, 0.2) is 0 Å². The van der Waals surface area contributed by atoms with Crippen molar-refractivity contribution in [1.29, 1.82) is 0 Å². The molecular weight excluding hydrogens is 437 g/mol. The lowest BCUT2D eigenvalue weighted by atomic mass is 10.2. The van der Waals surface area contributed by atoms with Crippen LogP contribution < -0.4 is 4.90 Å². The SMILES string of the molecule is CCN1CCN(C2=C(Sc3ccc(C)cc3)C(=O)N(c3ccc(F)c(Cl)c3)C2=O)CC1. The zero-order valence-electron chi connectivity index (χ0n) is 17.4. The molecule has 31 heavy (non-hydrogen) atoms. The zero-order valence-corrected chi connectivity index (χ0v) is 19.0. The van der Waals surface area contributed by atoms with Crippen LogP contribution in [0.1, 0.15) is 12.5 Å². The predicted octanol–water partition coefficient (Wildman–Crippen LogP) is 4.30. The van der Waals surface area contributed by atoms with E-state index in [1.807, 2.05) is 36.1 Å². The van der Waals surface area contributed by atoms with Crippen LogP contribution in [-0.4, -0.2) is 54.3 Å². The van der Waals surface area contributed by atoms with Gasteiger partial charge in [-0.25, -0.2) is 9.29 Å². The summed E-state index contributed by atoms with van der Waals surface area (Å²) in [7, 11) is 0. The fourth-order valence-electron chi connectivity index (χ4n) is 3.74. The van der Waals surface area contributed by atoms with Crippen LogP contribution in [0.2, 0.25) is 5.02 Å². The van der Waals surface area contributed by atoms with Crippen molar-refractivity contribution in [2.75, 3.05) is 37.6 Å². The van der Waals surface area contributed by atoms with Gasteiger partial charge in [-0.2, -0.15) is 0 Å². The Morgan fingerprint density at radius 2 is 1.68 bits per heavy atom. The van der Waals surface area contributed by atoms with E-state index in [4.69, 9.17) is 11.6 Å². The maximum absolute atomic E-state index is 13.7. The highest BCUT2D eigenvalue weighted by Crippen LogP contribution is 2.39. The molecule has 8 heteroatoms. The molecule has 0 aromatic heterocycles. The molecule has 162 valence electrons. The number of hydrogen-bond acceptors (Lipinski definition) is 5. The fraction of sp³-hybridized carbons (Fsp3) is 0.304. The number of rotatable bonds is 5. The molecule has 2 amide bonds. The largest absolute Gasteiger partial charge is 0.363 e. The molecule has 0 bridgehead atoms. The van der Waals surface area contributed by atoms with Crippen LogP contribution in [0.15, 0.2) is 58.0 Å². The summed E-state index contributed by atoms with van der Waals surface area (Å²) in [6, 6.07) is 11.7. The number of carbonyl (C=O) groups excluding carboxylic acids is 2. The highest BCUT2D eigenvalue weighted by atomic mass is 35.5. The van der Waals surface area contributed by atoms with Crippen LogP contribution in [0.5, 0.6) is 0 Å². The Balaban J connectivity index is 1.71. The van der Waals surface area contributed by atoms with Gasteiger partial charge in [-0.1, -0.05) is 48.0 Å². The fourth-order valence-corrected chi connectivity index (χ4v) is 4.91. The average molecular weight is 460 g/mol. The van der Waals surface area contributed by atoms with Gasteiger partial charge < -0.3 is 9.80 Å². The number of nitrogens with zero attached hydrogens (tertiary/aromatic N) is 3. The van der Waals surface area contributed by atoms with Gasteiger partial charge in [0.1, 0.15) is 16.4 Å². The molecule has 1 saturated heterocycles. The standard InChI is InChI=1S/C23H23ClFN3O2S/c1-3-26-10-12-27(13-11-26)20-21(31-17-7-4-15(2)5-8-17)23(30)28(22(20)29)16-6-9-19(25)18(24)14-16/h4-9,14H,3,10-13H2,1-2H3. The van der Waals surface area contributed by atoms with E-state index in [2.05, 4.69) is 11.8 Å². The average Bonchev–Trinajstić information content (AvgIpc) is 3.01. The number of hydrogen-bond donors (Lipinski definition) is 0. The lowest BCUT2D eigenvalue weighted by molar-refractivity contribution is -0.121. The summed E-state index contributed by atoms with van der Waals surface area (Å²) in [6.45, 7) is 8.04. The van der Waals surface area contributed by atoms with Crippen molar-refractivity contribution in [3.05, 3.63) is 69.5 Å². The molecule has 0 unspecified atom stereocenters. The van der Waals surface area contributed by atoms with Gasteiger partial charge in [0.05, 0.1) is 10.7 Å². The molecule has 0 atom stereocenters. The number of thioether (sulfide) groups is 1. The molecule has 0 spiro atoms. The summed E-state index contributed by atoms with van der Waals surface area (Å²) < 4.78 is 13.7. The normalized spacial score (nSPS) is 17.8. The number of likely N-dealkylation sites (N-methyl/N-ethyl adjacent to an activating group) is 1. The van der Waals surface area contributed by atoms with E-state index in [0.29, 0.717) is 23.7 Å². The van der Waals surface area contributed by atoms with Gasteiger partial charge in [0, 0.05) is 31.1 Å². The van der Waals surface area contributed by atoms with Crippen LogP contribution in [0.4, 0.5) is 10.1 Å². The van der Waals surface area contributed by atoms with Crippen molar-refractivity contribution >= 4 is 40.9 Å². The molecule has 2 aromatic carbocycles. The number of aryl methyl sites for hydroxylation is 1. The van der Waals surface area contributed by atoms with Gasteiger partial charge in [-0.3, -0.25) is 9.59 Å². The minimum atomic E-state index is -0.595. The van der Waals surface area contributed by atoms with E-state index in [-0.39, 0.29) is 10.7 Å². The Labute approximate surface area is 190 Å². The molecule has 2 aliphatic heterocycles. The Morgan fingerprint density at radius 3 is 2.29 bits per heavy atom. The third-order valence-electron chi connectivity index (χ3n) is 5.56. The van der Waals surface area contributed by atoms with Gasteiger partial charge in [-0.05, 0) is 43.8 Å². The Hall–Kier alpha value is -2.35. The van der Waals surface area contributed by atoms with Crippen molar-refractivity contribution < 1.29 is 14.0 Å². The summed E-state index contributed by atoms with van der Waals surface area (Å²) >= 11 is 7.22. The second kappa shape index (κ2) is 9.02. The molecule has 0 aliphatic carbocycles. The molecule has 5 nitrogen and oxygen atoms in total. The first-order valence-electron chi connectivity index (χ1n) is 10.2.